The van der Waals surface area contributed by atoms with Gasteiger partial charge in [-0.25, -0.2) is 4.79 Å². The van der Waals surface area contributed by atoms with Crippen LogP contribution in [-0.2, 0) is 42.9 Å². The third-order valence-corrected chi connectivity index (χ3v) is 12.9. The van der Waals surface area contributed by atoms with Gasteiger partial charge in [-0.2, -0.15) is 0 Å². The fraction of sp³-hybridized carbons (Fsp3) is 0.786. The lowest BCUT2D eigenvalue weighted by Crippen LogP contribution is -2.79. The third kappa shape index (κ3) is 1.79. The molecule has 0 aromatic rings. The quantitative estimate of drug-likeness (QED) is 0.356. The summed E-state index contributed by atoms with van der Waals surface area (Å²) in [4.78, 5) is 55.6. The molecule has 202 valence electrons. The second kappa shape index (κ2) is 5.82. The number of ether oxygens (including phenoxy) is 5. The van der Waals surface area contributed by atoms with E-state index in [2.05, 4.69) is 0 Å². The second-order valence-electron chi connectivity index (χ2n) is 13.8. The van der Waals surface area contributed by atoms with Gasteiger partial charge in [0.1, 0.15) is 11.7 Å². The van der Waals surface area contributed by atoms with E-state index in [-0.39, 0.29) is 43.5 Å². The molecule has 10 heteroatoms. The molecule has 6 saturated heterocycles. The highest BCUT2D eigenvalue weighted by Gasteiger charge is 2.94. The Balaban J connectivity index is 1.34. The number of ketones is 2. The van der Waals surface area contributed by atoms with Crippen LogP contribution in [0.3, 0.4) is 0 Å². The van der Waals surface area contributed by atoms with Gasteiger partial charge in [0, 0.05) is 5.92 Å². The summed E-state index contributed by atoms with van der Waals surface area (Å²) in [6, 6.07) is 0. The zero-order chi connectivity index (χ0) is 26.5. The minimum Gasteiger partial charge on any atom is -0.458 e. The molecule has 0 radical (unpaired) electrons. The summed E-state index contributed by atoms with van der Waals surface area (Å²) in [6.07, 6.45) is 3.82. The van der Waals surface area contributed by atoms with E-state index in [1.807, 2.05) is 19.9 Å². The van der Waals surface area contributed by atoms with Crippen LogP contribution in [0.1, 0.15) is 52.9 Å². The smallest absolute Gasteiger partial charge is 0.342 e. The van der Waals surface area contributed by atoms with Crippen molar-refractivity contribution in [3.63, 3.8) is 0 Å². The standard InChI is InChI=1S/C28H30O10/c1-22-10-17-24(3)28-18(22)19(30)27(38-28,34-11-14(22)20(31)35-17)13-9-16-26(36-16)7-4-5-15(29)23(26,2)12(13)6-8-25(28,33)21(32)37-24/h4-5,12-14,16-18,33H,6-11H2,1-3H3/t12-,13+,14+,16+,17+,18-,22+,23-,24-,25-,26+,27+,28-/m0/s1. The monoisotopic (exact) mass is 526 g/mol. The van der Waals surface area contributed by atoms with Gasteiger partial charge in [0.05, 0.1) is 30.0 Å². The van der Waals surface area contributed by atoms with Gasteiger partial charge < -0.3 is 28.8 Å². The van der Waals surface area contributed by atoms with E-state index in [0.717, 1.165) is 0 Å². The summed E-state index contributed by atoms with van der Waals surface area (Å²) in [5.41, 5.74) is -8.23. The lowest BCUT2D eigenvalue weighted by Gasteiger charge is -2.63. The number of carbonyl (C=O) groups excluding carboxylic acids is 4. The molecule has 5 bridgehead atoms. The Kier molecular flexibility index (Phi) is 3.47. The van der Waals surface area contributed by atoms with Crippen LogP contribution in [0.5, 0.6) is 0 Å². The Morgan fingerprint density at radius 3 is 2.63 bits per heavy atom. The number of hydrogen-bond acceptors (Lipinski definition) is 10. The van der Waals surface area contributed by atoms with E-state index in [1.165, 1.54) is 0 Å². The fourth-order valence-corrected chi connectivity index (χ4v) is 10.9. The zero-order valence-electron chi connectivity index (χ0n) is 21.5. The minimum atomic E-state index is -2.19. The summed E-state index contributed by atoms with van der Waals surface area (Å²) >= 11 is 0. The molecule has 6 aliphatic heterocycles. The van der Waals surface area contributed by atoms with Gasteiger partial charge in [0.15, 0.2) is 28.4 Å². The molecule has 0 amide bonds. The molecule has 9 rings (SSSR count). The lowest BCUT2D eigenvalue weighted by molar-refractivity contribution is -0.375. The van der Waals surface area contributed by atoms with Gasteiger partial charge in [-0.15, -0.1) is 0 Å². The second-order valence-corrected chi connectivity index (χ2v) is 13.8. The van der Waals surface area contributed by atoms with Crippen LogP contribution >= 0.6 is 0 Å². The molecule has 0 aromatic carbocycles. The van der Waals surface area contributed by atoms with Gasteiger partial charge in [-0.1, -0.05) is 13.0 Å². The number of allylic oxidation sites excluding steroid dienone is 1. The lowest BCUT2D eigenvalue weighted by atomic mass is 9.46. The first-order chi connectivity index (χ1) is 17.9. The van der Waals surface area contributed by atoms with Gasteiger partial charge >= 0.3 is 11.9 Å². The van der Waals surface area contributed by atoms with Crippen molar-refractivity contribution in [3.8, 4) is 0 Å². The highest BCUT2D eigenvalue weighted by molar-refractivity contribution is 6.00. The maximum atomic E-state index is 14.9. The summed E-state index contributed by atoms with van der Waals surface area (Å²) < 4.78 is 31.5. The number of aliphatic hydroxyl groups is 1. The third-order valence-electron chi connectivity index (χ3n) is 12.9. The molecule has 38 heavy (non-hydrogen) atoms. The molecule has 9 aliphatic rings. The predicted molar refractivity (Wildman–Crippen MR) is 122 cm³/mol. The normalized spacial score (nSPS) is 64.1. The van der Waals surface area contributed by atoms with E-state index in [0.29, 0.717) is 12.8 Å². The molecule has 8 fully saturated rings. The average molecular weight is 527 g/mol. The van der Waals surface area contributed by atoms with Crippen LogP contribution in [0.2, 0.25) is 0 Å². The molecule has 10 nitrogen and oxygen atoms in total. The molecular weight excluding hydrogens is 496 g/mol. The van der Waals surface area contributed by atoms with Crippen molar-refractivity contribution in [3.05, 3.63) is 12.2 Å². The molecule has 0 aromatic heterocycles. The van der Waals surface area contributed by atoms with Crippen LogP contribution in [-0.4, -0.2) is 75.6 Å². The molecule has 1 N–H and O–H groups in total. The van der Waals surface area contributed by atoms with Crippen molar-refractivity contribution in [2.45, 2.75) is 93.3 Å². The first-order valence-electron chi connectivity index (χ1n) is 13.8. The SMILES string of the molecule is C[C@@]12C[C@H]3OC(=O)[C@H]1CO[C@]14O[C@@]5([C@H]2C1=O)[C@@]3(C)OC(=O)[C@@]5(O)CC[C@H]1[C@H]4C[C@H]2O[C@]23CC=CC(=O)[C@]13C. The Bertz CT molecular complexity index is 1340. The van der Waals surface area contributed by atoms with Gasteiger partial charge in [-0.3, -0.25) is 14.4 Å². The van der Waals surface area contributed by atoms with Crippen molar-refractivity contribution in [1.29, 1.82) is 0 Å². The first-order valence-corrected chi connectivity index (χ1v) is 13.8. The molecular formula is C28H30O10. The van der Waals surface area contributed by atoms with Crippen LogP contribution in [0, 0.1) is 34.5 Å². The largest absolute Gasteiger partial charge is 0.458 e. The number of Topliss-reactive ketones (excluding diaryl/α,β-unsaturated/α-hetero) is 1. The number of esters is 2. The Morgan fingerprint density at radius 2 is 1.84 bits per heavy atom. The molecule has 13 atom stereocenters. The van der Waals surface area contributed by atoms with Gasteiger partial charge in [0.25, 0.3) is 0 Å². The Morgan fingerprint density at radius 1 is 1.05 bits per heavy atom. The Labute approximate surface area is 218 Å². The van der Waals surface area contributed by atoms with Crippen LogP contribution < -0.4 is 0 Å². The molecule has 3 spiro atoms. The van der Waals surface area contributed by atoms with Gasteiger partial charge in [0.2, 0.25) is 5.79 Å². The Hall–Kier alpha value is -2.14. The molecule has 3 aliphatic carbocycles. The molecule has 0 unspecified atom stereocenters. The van der Waals surface area contributed by atoms with Crippen LogP contribution in [0.15, 0.2) is 12.2 Å². The molecule has 2 saturated carbocycles. The summed E-state index contributed by atoms with van der Waals surface area (Å²) in [5.74, 6) is -6.56. The number of rotatable bonds is 0. The maximum Gasteiger partial charge on any atom is 0.342 e. The average Bonchev–Trinajstić information content (AvgIpc) is 3.45. The predicted octanol–water partition coefficient (Wildman–Crippen LogP) is 0.768. The number of fused-ring (bicyclic) bond motifs is 4. The minimum absolute atomic E-state index is 0.0583. The zero-order valence-corrected chi connectivity index (χ0v) is 21.5. The van der Waals surface area contributed by atoms with Crippen LogP contribution in [0.4, 0.5) is 0 Å². The van der Waals surface area contributed by atoms with E-state index in [9.17, 15) is 24.3 Å². The summed E-state index contributed by atoms with van der Waals surface area (Å²) in [5, 5.41) is 12.4. The summed E-state index contributed by atoms with van der Waals surface area (Å²) in [6.45, 7) is 5.27. The van der Waals surface area contributed by atoms with Crippen LogP contribution in [0.25, 0.3) is 0 Å². The van der Waals surface area contributed by atoms with Crippen molar-refractivity contribution in [1.82, 2.24) is 0 Å². The van der Waals surface area contributed by atoms with Crippen molar-refractivity contribution < 1.29 is 48.0 Å². The fourth-order valence-electron chi connectivity index (χ4n) is 10.9. The number of carbonyl (C=O) groups is 4. The van der Waals surface area contributed by atoms with E-state index < -0.39 is 80.7 Å². The highest BCUT2D eigenvalue weighted by Crippen LogP contribution is 2.77. The maximum absolute atomic E-state index is 14.9. The van der Waals surface area contributed by atoms with Crippen molar-refractivity contribution in [2.24, 2.45) is 34.5 Å². The highest BCUT2D eigenvalue weighted by atomic mass is 16.8. The van der Waals surface area contributed by atoms with E-state index in [1.54, 1.807) is 13.0 Å². The number of hydrogen-bond donors (Lipinski definition) is 1. The topological polar surface area (TPSA) is 138 Å². The van der Waals surface area contributed by atoms with Gasteiger partial charge in [-0.05, 0) is 63.4 Å². The van der Waals surface area contributed by atoms with Crippen molar-refractivity contribution >= 4 is 23.5 Å². The van der Waals surface area contributed by atoms with E-state index in [4.69, 9.17) is 23.7 Å². The first kappa shape index (κ1) is 22.7. The number of epoxide rings is 1. The summed E-state index contributed by atoms with van der Waals surface area (Å²) in [7, 11) is 0. The molecule has 6 heterocycles. The van der Waals surface area contributed by atoms with Crippen molar-refractivity contribution in [2.75, 3.05) is 6.61 Å². The van der Waals surface area contributed by atoms with E-state index >= 15 is 0 Å².